The number of hydrogen-bond acceptors (Lipinski definition) is 1. The molecular formula is C16H28N2. The second kappa shape index (κ2) is 6.96. The largest absolute Gasteiger partial charge is 0.337 e. The molecule has 1 heterocycles. The summed E-state index contributed by atoms with van der Waals surface area (Å²) in [6.07, 6.45) is 16.1. The highest BCUT2D eigenvalue weighted by Crippen LogP contribution is 2.31. The molecule has 1 saturated carbocycles. The van der Waals surface area contributed by atoms with E-state index in [-0.39, 0.29) is 0 Å². The van der Waals surface area contributed by atoms with Gasteiger partial charge >= 0.3 is 0 Å². The zero-order valence-electron chi connectivity index (χ0n) is 12.0. The van der Waals surface area contributed by atoms with Crippen molar-refractivity contribution >= 4 is 0 Å². The zero-order valence-corrected chi connectivity index (χ0v) is 12.0. The smallest absolute Gasteiger partial charge is 0.0945 e. The van der Waals surface area contributed by atoms with Crippen LogP contribution in [0.15, 0.2) is 18.7 Å². The summed E-state index contributed by atoms with van der Waals surface area (Å²) in [4.78, 5) is 4.16. The first-order valence-corrected chi connectivity index (χ1v) is 7.69. The maximum atomic E-state index is 4.16. The van der Waals surface area contributed by atoms with E-state index in [1.165, 1.54) is 44.9 Å². The van der Waals surface area contributed by atoms with E-state index >= 15 is 0 Å². The lowest BCUT2D eigenvalue weighted by molar-refractivity contribution is 0.245. The van der Waals surface area contributed by atoms with E-state index in [1.54, 1.807) is 0 Å². The molecule has 1 aromatic rings. The van der Waals surface area contributed by atoms with Crippen molar-refractivity contribution in [1.29, 1.82) is 0 Å². The SMILES string of the molecule is CC(C)CC(CC1CCCCC1)Cn1ccnc1. The van der Waals surface area contributed by atoms with E-state index < -0.39 is 0 Å². The van der Waals surface area contributed by atoms with Crippen LogP contribution in [0.25, 0.3) is 0 Å². The van der Waals surface area contributed by atoms with Crippen molar-refractivity contribution in [3.8, 4) is 0 Å². The second-order valence-electron chi connectivity index (χ2n) is 6.49. The topological polar surface area (TPSA) is 17.8 Å². The Hall–Kier alpha value is -0.790. The number of imidazole rings is 1. The lowest BCUT2D eigenvalue weighted by Crippen LogP contribution is -2.18. The molecule has 0 spiro atoms. The summed E-state index contributed by atoms with van der Waals surface area (Å²) >= 11 is 0. The van der Waals surface area contributed by atoms with Crippen LogP contribution in [0.3, 0.4) is 0 Å². The fourth-order valence-electron chi connectivity index (χ4n) is 3.50. The summed E-state index contributed by atoms with van der Waals surface area (Å²) in [6.45, 7) is 5.86. The average Bonchev–Trinajstić information content (AvgIpc) is 2.82. The number of hydrogen-bond donors (Lipinski definition) is 0. The summed E-state index contributed by atoms with van der Waals surface area (Å²) in [5.74, 6) is 2.63. The Morgan fingerprint density at radius 2 is 2.00 bits per heavy atom. The minimum atomic E-state index is 0.808. The Morgan fingerprint density at radius 1 is 1.22 bits per heavy atom. The first kappa shape index (κ1) is 13.6. The summed E-state index contributed by atoms with van der Waals surface area (Å²) in [5, 5.41) is 0. The second-order valence-corrected chi connectivity index (χ2v) is 6.49. The van der Waals surface area contributed by atoms with E-state index in [2.05, 4.69) is 29.6 Å². The van der Waals surface area contributed by atoms with E-state index in [4.69, 9.17) is 0 Å². The molecule has 0 radical (unpaired) electrons. The van der Waals surface area contributed by atoms with Gasteiger partial charge in [-0.05, 0) is 30.6 Å². The highest BCUT2D eigenvalue weighted by atomic mass is 15.0. The maximum Gasteiger partial charge on any atom is 0.0945 e. The van der Waals surface area contributed by atoms with Crippen LogP contribution in [0.5, 0.6) is 0 Å². The number of rotatable bonds is 6. The van der Waals surface area contributed by atoms with Gasteiger partial charge in [-0.3, -0.25) is 0 Å². The van der Waals surface area contributed by atoms with Gasteiger partial charge < -0.3 is 4.57 Å². The van der Waals surface area contributed by atoms with Gasteiger partial charge in [-0.25, -0.2) is 4.98 Å². The third-order valence-corrected chi connectivity index (χ3v) is 4.22. The predicted molar refractivity (Wildman–Crippen MR) is 76.4 cm³/mol. The summed E-state index contributed by atoms with van der Waals surface area (Å²) in [7, 11) is 0. The lowest BCUT2D eigenvalue weighted by Gasteiger charge is -2.27. The Labute approximate surface area is 112 Å². The zero-order chi connectivity index (χ0) is 12.8. The Bertz CT molecular complexity index is 310. The minimum absolute atomic E-state index is 0.808. The molecule has 2 rings (SSSR count). The Kier molecular flexibility index (Phi) is 5.27. The van der Waals surface area contributed by atoms with Crippen molar-refractivity contribution in [1.82, 2.24) is 9.55 Å². The van der Waals surface area contributed by atoms with Crippen molar-refractivity contribution < 1.29 is 0 Å². The van der Waals surface area contributed by atoms with Crippen LogP contribution in [0, 0.1) is 17.8 Å². The number of aromatic nitrogens is 2. The van der Waals surface area contributed by atoms with Gasteiger partial charge in [-0.2, -0.15) is 0 Å². The lowest BCUT2D eigenvalue weighted by atomic mass is 9.80. The molecule has 1 aromatic heterocycles. The van der Waals surface area contributed by atoms with Gasteiger partial charge in [-0.15, -0.1) is 0 Å². The minimum Gasteiger partial charge on any atom is -0.337 e. The number of nitrogens with zero attached hydrogens (tertiary/aromatic N) is 2. The van der Waals surface area contributed by atoms with E-state index in [9.17, 15) is 0 Å². The van der Waals surface area contributed by atoms with Gasteiger partial charge in [0, 0.05) is 18.9 Å². The monoisotopic (exact) mass is 248 g/mol. The molecule has 0 N–H and O–H groups in total. The maximum absolute atomic E-state index is 4.16. The summed E-state index contributed by atoms with van der Waals surface area (Å²) < 4.78 is 2.26. The Morgan fingerprint density at radius 3 is 2.61 bits per heavy atom. The molecule has 1 fully saturated rings. The molecule has 1 unspecified atom stereocenters. The average molecular weight is 248 g/mol. The first-order chi connectivity index (χ1) is 8.74. The van der Waals surface area contributed by atoms with E-state index in [1.807, 2.05) is 12.5 Å². The molecule has 0 amide bonds. The van der Waals surface area contributed by atoms with Crippen molar-refractivity contribution in [3.63, 3.8) is 0 Å². The molecule has 1 aliphatic rings. The molecule has 0 aromatic carbocycles. The predicted octanol–water partition coefficient (Wildman–Crippen LogP) is 4.52. The van der Waals surface area contributed by atoms with Crippen molar-refractivity contribution in [2.75, 3.05) is 0 Å². The highest BCUT2D eigenvalue weighted by molar-refractivity contribution is 4.78. The molecule has 18 heavy (non-hydrogen) atoms. The normalized spacial score (nSPS) is 19.3. The van der Waals surface area contributed by atoms with Crippen LogP contribution in [0.1, 0.15) is 58.8 Å². The molecule has 0 saturated heterocycles. The van der Waals surface area contributed by atoms with Gasteiger partial charge in [0.25, 0.3) is 0 Å². The third kappa shape index (κ3) is 4.47. The van der Waals surface area contributed by atoms with Crippen LogP contribution in [0.2, 0.25) is 0 Å². The fourth-order valence-corrected chi connectivity index (χ4v) is 3.50. The van der Waals surface area contributed by atoms with Gasteiger partial charge in [0.2, 0.25) is 0 Å². The molecule has 0 bridgehead atoms. The summed E-state index contributed by atoms with van der Waals surface area (Å²) in [5.41, 5.74) is 0. The molecule has 1 atom stereocenters. The van der Waals surface area contributed by atoms with Crippen LogP contribution in [0.4, 0.5) is 0 Å². The molecule has 2 heteroatoms. The fraction of sp³-hybridized carbons (Fsp3) is 0.812. The van der Waals surface area contributed by atoms with Crippen LogP contribution in [-0.4, -0.2) is 9.55 Å². The standard InChI is InChI=1S/C16H28N2/c1-14(2)10-16(12-18-9-8-17-13-18)11-15-6-4-3-5-7-15/h8-9,13-16H,3-7,10-12H2,1-2H3. The molecule has 102 valence electrons. The molecule has 2 nitrogen and oxygen atoms in total. The van der Waals surface area contributed by atoms with Crippen LogP contribution < -0.4 is 0 Å². The highest BCUT2D eigenvalue weighted by Gasteiger charge is 2.20. The quantitative estimate of drug-likeness (QED) is 0.724. The molecule has 1 aliphatic carbocycles. The van der Waals surface area contributed by atoms with E-state index in [0.29, 0.717) is 0 Å². The molecular weight excluding hydrogens is 220 g/mol. The van der Waals surface area contributed by atoms with Gasteiger partial charge in [0.05, 0.1) is 6.33 Å². The summed E-state index contributed by atoms with van der Waals surface area (Å²) in [6, 6.07) is 0. The third-order valence-electron chi connectivity index (χ3n) is 4.22. The van der Waals surface area contributed by atoms with Crippen LogP contribution in [-0.2, 0) is 6.54 Å². The van der Waals surface area contributed by atoms with Crippen molar-refractivity contribution in [3.05, 3.63) is 18.7 Å². The van der Waals surface area contributed by atoms with Crippen molar-refractivity contribution in [2.45, 2.75) is 65.3 Å². The van der Waals surface area contributed by atoms with Gasteiger partial charge in [0.15, 0.2) is 0 Å². The van der Waals surface area contributed by atoms with E-state index in [0.717, 1.165) is 24.3 Å². The first-order valence-electron chi connectivity index (χ1n) is 7.69. The van der Waals surface area contributed by atoms with Gasteiger partial charge in [0.1, 0.15) is 0 Å². The van der Waals surface area contributed by atoms with Crippen LogP contribution >= 0.6 is 0 Å². The Balaban J connectivity index is 1.87. The molecule has 0 aliphatic heterocycles. The van der Waals surface area contributed by atoms with Gasteiger partial charge in [-0.1, -0.05) is 46.0 Å². The van der Waals surface area contributed by atoms with Crippen molar-refractivity contribution in [2.24, 2.45) is 17.8 Å².